The minimum atomic E-state index is -0.289. The molecule has 176 valence electrons. The van der Waals surface area contributed by atoms with Crippen LogP contribution in [0, 0.1) is 5.82 Å². The van der Waals surface area contributed by atoms with E-state index in [1.165, 1.54) is 6.07 Å². The molecule has 0 unspecified atom stereocenters. The Morgan fingerprint density at radius 2 is 1.64 bits per heavy atom. The van der Waals surface area contributed by atoms with Crippen molar-refractivity contribution in [2.45, 2.75) is 32.4 Å². The molecular weight excluding hydrogens is 423 g/mol. The third kappa shape index (κ3) is 4.64. The van der Waals surface area contributed by atoms with Gasteiger partial charge in [0, 0.05) is 26.2 Å². The van der Waals surface area contributed by atoms with E-state index in [-0.39, 0.29) is 17.4 Å². The van der Waals surface area contributed by atoms with E-state index in [1.54, 1.807) is 20.3 Å². The second-order valence-electron chi connectivity index (χ2n) is 9.11. The molecule has 0 spiro atoms. The van der Waals surface area contributed by atoms with E-state index >= 15 is 0 Å². The number of nitrogens with zero attached hydrogens (tertiary/aromatic N) is 6. The molecule has 0 bridgehead atoms. The number of halogens is 1. The summed E-state index contributed by atoms with van der Waals surface area (Å²) < 4.78 is 27.2. The van der Waals surface area contributed by atoms with E-state index in [2.05, 4.69) is 46.1 Å². The summed E-state index contributed by atoms with van der Waals surface area (Å²) in [6.07, 6.45) is 0. The summed E-state index contributed by atoms with van der Waals surface area (Å²) in [6, 6.07) is 12.6. The molecule has 2 heterocycles. The van der Waals surface area contributed by atoms with Crippen LogP contribution in [0.2, 0.25) is 0 Å². The molecule has 3 aromatic rings. The lowest BCUT2D eigenvalue weighted by molar-refractivity contribution is 0.191. The summed E-state index contributed by atoms with van der Waals surface area (Å²) in [5.74, 6) is 1.88. The molecule has 1 fully saturated rings. The van der Waals surface area contributed by atoms with Crippen molar-refractivity contribution >= 4 is 5.69 Å². The Kier molecular flexibility index (Phi) is 6.51. The van der Waals surface area contributed by atoms with Gasteiger partial charge in [-0.05, 0) is 61.0 Å². The number of piperazine rings is 1. The lowest BCUT2D eigenvalue weighted by atomic mass is 10.0. The highest BCUT2D eigenvalue weighted by Gasteiger charge is 2.34. The molecule has 8 nitrogen and oxygen atoms in total. The van der Waals surface area contributed by atoms with Crippen molar-refractivity contribution < 1.29 is 13.9 Å². The van der Waals surface area contributed by atoms with Gasteiger partial charge < -0.3 is 14.4 Å². The average Bonchev–Trinajstić information content (AvgIpc) is 3.30. The van der Waals surface area contributed by atoms with Gasteiger partial charge in [-0.2, -0.15) is 0 Å². The smallest absolute Gasteiger partial charge is 0.173 e. The first kappa shape index (κ1) is 23.0. The Hall–Kier alpha value is -3.20. The first-order valence-electron chi connectivity index (χ1n) is 11.1. The fourth-order valence-electron chi connectivity index (χ4n) is 4.32. The van der Waals surface area contributed by atoms with Crippen molar-refractivity contribution in [1.82, 2.24) is 25.1 Å². The van der Waals surface area contributed by atoms with Crippen LogP contribution in [0.1, 0.15) is 38.2 Å². The number of anilines is 1. The molecule has 9 heteroatoms. The highest BCUT2D eigenvalue weighted by atomic mass is 19.1. The van der Waals surface area contributed by atoms with Crippen LogP contribution >= 0.6 is 0 Å². The van der Waals surface area contributed by atoms with Crippen molar-refractivity contribution in [3.8, 4) is 11.5 Å². The fraction of sp³-hybridized carbons (Fsp3) is 0.458. The molecule has 1 atom stereocenters. The predicted octanol–water partition coefficient (Wildman–Crippen LogP) is 3.50. The number of hydrogen-bond donors (Lipinski definition) is 0. The number of hydrogen-bond acceptors (Lipinski definition) is 7. The molecule has 1 aliphatic rings. The summed E-state index contributed by atoms with van der Waals surface area (Å²) in [4.78, 5) is 4.43. The monoisotopic (exact) mass is 454 g/mol. The van der Waals surface area contributed by atoms with E-state index in [0.29, 0.717) is 30.3 Å². The lowest BCUT2D eigenvalue weighted by Crippen LogP contribution is -2.49. The Morgan fingerprint density at radius 1 is 0.939 bits per heavy atom. The molecule has 1 aliphatic heterocycles. The minimum absolute atomic E-state index is 0.193. The molecule has 1 aromatic heterocycles. The second-order valence-corrected chi connectivity index (χ2v) is 9.11. The summed E-state index contributed by atoms with van der Waals surface area (Å²) in [7, 11) is 3.25. The summed E-state index contributed by atoms with van der Waals surface area (Å²) in [6.45, 7) is 9.08. The Morgan fingerprint density at radius 3 is 2.27 bits per heavy atom. The summed E-state index contributed by atoms with van der Waals surface area (Å²) in [5.41, 5.74) is 1.36. The Bertz CT molecular complexity index is 1090. The molecule has 33 heavy (non-hydrogen) atoms. The highest BCUT2D eigenvalue weighted by molar-refractivity contribution is 5.48. The number of para-hydroxylation sites is 1. The number of benzene rings is 2. The van der Waals surface area contributed by atoms with Gasteiger partial charge in [-0.25, -0.2) is 9.07 Å². The summed E-state index contributed by atoms with van der Waals surface area (Å²) in [5, 5.41) is 12.7. The van der Waals surface area contributed by atoms with Crippen molar-refractivity contribution in [2.75, 3.05) is 45.3 Å². The first-order valence-corrected chi connectivity index (χ1v) is 11.1. The quantitative estimate of drug-likeness (QED) is 0.565. The van der Waals surface area contributed by atoms with Crippen LogP contribution in [0.3, 0.4) is 0 Å². The van der Waals surface area contributed by atoms with Gasteiger partial charge in [-0.15, -0.1) is 5.10 Å². The van der Waals surface area contributed by atoms with Crippen molar-refractivity contribution in [3.05, 3.63) is 59.7 Å². The van der Waals surface area contributed by atoms with Gasteiger partial charge in [0.05, 0.1) is 31.5 Å². The van der Waals surface area contributed by atoms with Crippen LogP contribution in [0.15, 0.2) is 42.5 Å². The maximum absolute atomic E-state index is 14.3. The van der Waals surface area contributed by atoms with Gasteiger partial charge >= 0.3 is 0 Å². The van der Waals surface area contributed by atoms with Crippen LogP contribution in [0.5, 0.6) is 11.5 Å². The molecule has 0 radical (unpaired) electrons. The largest absolute Gasteiger partial charge is 0.493 e. The van der Waals surface area contributed by atoms with Crippen molar-refractivity contribution in [3.63, 3.8) is 0 Å². The van der Waals surface area contributed by atoms with Gasteiger partial charge in [-0.1, -0.05) is 18.2 Å². The van der Waals surface area contributed by atoms with Crippen LogP contribution < -0.4 is 14.4 Å². The third-order valence-corrected chi connectivity index (χ3v) is 5.97. The molecule has 0 aliphatic carbocycles. The summed E-state index contributed by atoms with van der Waals surface area (Å²) >= 11 is 0. The first-order chi connectivity index (χ1) is 15.8. The number of methoxy groups -OCH3 is 2. The molecule has 0 N–H and O–H groups in total. The average molecular weight is 455 g/mol. The molecule has 4 rings (SSSR count). The highest BCUT2D eigenvalue weighted by Crippen LogP contribution is 2.36. The normalized spacial score (nSPS) is 16.0. The van der Waals surface area contributed by atoms with Gasteiger partial charge in [-0.3, -0.25) is 4.90 Å². The van der Waals surface area contributed by atoms with Gasteiger partial charge in [0.2, 0.25) is 0 Å². The number of ether oxygens (including phenoxy) is 2. The second kappa shape index (κ2) is 9.35. The van der Waals surface area contributed by atoms with Gasteiger partial charge in [0.1, 0.15) is 5.82 Å². The van der Waals surface area contributed by atoms with Gasteiger partial charge in [0.15, 0.2) is 17.3 Å². The predicted molar refractivity (Wildman–Crippen MR) is 124 cm³/mol. The minimum Gasteiger partial charge on any atom is -0.493 e. The zero-order valence-corrected chi connectivity index (χ0v) is 19.8. The van der Waals surface area contributed by atoms with Crippen LogP contribution in [-0.2, 0) is 5.54 Å². The standard InChI is InChI=1S/C24H31FN6O2/c1-24(2,3)31-23(26-27-28-31)22(17-10-11-20(32-4)21(16-17)33-5)30-14-12-29(13-15-30)19-9-7-6-8-18(19)25/h6-11,16,22H,12-15H2,1-5H3/t22-/m1/s1. The maximum Gasteiger partial charge on any atom is 0.173 e. The zero-order valence-electron chi connectivity index (χ0n) is 19.8. The SMILES string of the molecule is COc1ccc([C@H](c2nnnn2C(C)(C)C)N2CCN(c3ccccc3F)CC2)cc1OC. The van der Waals surface area contributed by atoms with Crippen LogP contribution in [0.4, 0.5) is 10.1 Å². The lowest BCUT2D eigenvalue weighted by Gasteiger charge is -2.40. The van der Waals surface area contributed by atoms with E-state index in [9.17, 15) is 4.39 Å². The molecule has 2 aromatic carbocycles. The zero-order chi connectivity index (χ0) is 23.6. The fourth-order valence-corrected chi connectivity index (χ4v) is 4.32. The van der Waals surface area contributed by atoms with E-state index < -0.39 is 0 Å². The maximum atomic E-state index is 14.3. The molecular formula is C24H31FN6O2. The Labute approximate surface area is 193 Å². The molecule has 0 saturated carbocycles. The van der Waals surface area contributed by atoms with Gasteiger partial charge in [0.25, 0.3) is 0 Å². The number of tetrazole rings is 1. The number of aromatic nitrogens is 4. The van der Waals surface area contributed by atoms with E-state index in [4.69, 9.17) is 9.47 Å². The van der Waals surface area contributed by atoms with Crippen LogP contribution in [-0.4, -0.2) is 65.5 Å². The van der Waals surface area contributed by atoms with Crippen molar-refractivity contribution in [2.24, 2.45) is 0 Å². The molecule has 0 amide bonds. The van der Waals surface area contributed by atoms with Crippen molar-refractivity contribution in [1.29, 1.82) is 0 Å². The van der Waals surface area contributed by atoms with E-state index in [0.717, 1.165) is 24.5 Å². The Balaban J connectivity index is 1.69. The van der Waals surface area contributed by atoms with Crippen LogP contribution in [0.25, 0.3) is 0 Å². The van der Waals surface area contributed by atoms with E-state index in [1.807, 2.05) is 35.0 Å². The third-order valence-electron chi connectivity index (χ3n) is 5.97. The number of rotatable bonds is 6. The topological polar surface area (TPSA) is 68.5 Å². The molecule has 1 saturated heterocycles.